The molecule has 0 amide bonds. The lowest BCUT2D eigenvalue weighted by molar-refractivity contribution is 0.649. The van der Waals surface area contributed by atoms with Gasteiger partial charge in [-0.3, -0.25) is 0 Å². The monoisotopic (exact) mass is 847 g/mol. The predicted octanol–water partition coefficient (Wildman–Crippen LogP) is 17.9. The van der Waals surface area contributed by atoms with Gasteiger partial charge in [0, 0.05) is 11.8 Å². The SMILES string of the molecule is C=C(/C=C(/c1cccc2c1-c1ccccc1C21c2ccccc2C(CC)c2ccccc21)C(C)C)C1=CC=C(c2ccccc2)CC1.C=C(CC)C1C=CC(c2ccccc2)=CC1.CC. The Kier molecular flexibility index (Phi) is 14.0. The van der Waals surface area contributed by atoms with Gasteiger partial charge in [-0.05, 0) is 127 Å². The molecule has 6 aromatic carbocycles. The maximum Gasteiger partial charge on any atom is 0.0719 e. The molecule has 4 aliphatic rings. The van der Waals surface area contributed by atoms with Crippen molar-refractivity contribution < 1.29 is 0 Å². The van der Waals surface area contributed by atoms with Crippen molar-refractivity contribution in [2.45, 2.75) is 85.0 Å². The van der Waals surface area contributed by atoms with Crippen LogP contribution in [0, 0.1) is 11.8 Å². The van der Waals surface area contributed by atoms with Crippen LogP contribution in [0.2, 0.25) is 0 Å². The Bertz CT molecular complexity index is 2780. The molecule has 6 aromatic rings. The van der Waals surface area contributed by atoms with E-state index in [1.54, 1.807) is 0 Å². The summed E-state index contributed by atoms with van der Waals surface area (Å²) in [5.41, 5.74) is 22.8. The van der Waals surface area contributed by atoms with Crippen LogP contribution in [0.5, 0.6) is 0 Å². The van der Waals surface area contributed by atoms with E-state index in [0.29, 0.717) is 17.8 Å². The van der Waals surface area contributed by atoms with Crippen molar-refractivity contribution in [3.05, 3.63) is 268 Å². The number of hydrogen-bond donors (Lipinski definition) is 0. The first-order chi connectivity index (χ1) is 31.8. The van der Waals surface area contributed by atoms with Crippen LogP contribution in [-0.4, -0.2) is 0 Å². The van der Waals surface area contributed by atoms with Crippen molar-refractivity contribution in [2.24, 2.45) is 11.8 Å². The molecule has 0 aliphatic heterocycles. The second-order valence-electron chi connectivity index (χ2n) is 17.9. The Morgan fingerprint density at radius 2 is 1.23 bits per heavy atom. The summed E-state index contributed by atoms with van der Waals surface area (Å²) >= 11 is 0. The predicted molar refractivity (Wildman–Crippen MR) is 282 cm³/mol. The molecule has 0 bridgehead atoms. The molecule has 1 atom stereocenters. The molecule has 0 heterocycles. The first-order valence-corrected chi connectivity index (χ1v) is 24.2. The highest BCUT2D eigenvalue weighted by molar-refractivity contribution is 5.95. The van der Waals surface area contributed by atoms with Gasteiger partial charge in [0.15, 0.2) is 0 Å². The Morgan fingerprint density at radius 1 is 0.646 bits per heavy atom. The molecule has 1 unspecified atom stereocenters. The van der Waals surface area contributed by atoms with Gasteiger partial charge in [-0.2, -0.15) is 0 Å². The number of rotatable bonds is 9. The summed E-state index contributed by atoms with van der Waals surface area (Å²) in [7, 11) is 0. The van der Waals surface area contributed by atoms with Crippen molar-refractivity contribution in [1.82, 2.24) is 0 Å². The Labute approximate surface area is 390 Å². The molecule has 0 heteroatoms. The smallest absolute Gasteiger partial charge is 0.0719 e. The van der Waals surface area contributed by atoms with Gasteiger partial charge in [0.1, 0.15) is 0 Å². The molecule has 0 saturated carbocycles. The standard InChI is InChI=1S/C47H42.C16H18.C2H6/c1-5-36-37-18-9-12-22-42(37)47(43-23-13-10-19-38(36)43)44-24-14-11-20-40(44)46-39(21-15-25-45(46)47)41(31(2)3)30-32(4)33-26-28-35(29-27-33)34-16-7-6-8-17-34;1-3-13(2)14-9-11-16(12-10-14)15-7-5-4-6-8-15;1-2/h6-26,28,30-31,36H,4-5,27,29H2,1-3H3;4-9,11-12,14H,2-3,10H2,1H3;1-2H3/b41-30+;;. The second-order valence-corrected chi connectivity index (χ2v) is 17.9. The first-order valence-electron chi connectivity index (χ1n) is 24.2. The van der Waals surface area contributed by atoms with Gasteiger partial charge >= 0.3 is 0 Å². The molecular weight excluding hydrogens is 781 g/mol. The van der Waals surface area contributed by atoms with Crippen molar-refractivity contribution in [3.8, 4) is 11.1 Å². The molecular formula is C65H66. The maximum atomic E-state index is 4.65. The van der Waals surface area contributed by atoms with E-state index in [-0.39, 0.29) is 5.41 Å². The van der Waals surface area contributed by atoms with Crippen LogP contribution in [0.1, 0.15) is 130 Å². The molecule has 4 aliphatic carbocycles. The molecule has 10 rings (SSSR count). The molecule has 326 valence electrons. The zero-order valence-corrected chi connectivity index (χ0v) is 39.6. The Hall–Kier alpha value is -6.50. The molecule has 0 nitrogen and oxygen atoms in total. The van der Waals surface area contributed by atoms with Gasteiger partial charge < -0.3 is 0 Å². The van der Waals surface area contributed by atoms with Gasteiger partial charge in [-0.15, -0.1) is 0 Å². The lowest BCUT2D eigenvalue weighted by Gasteiger charge is -2.43. The highest BCUT2D eigenvalue weighted by Gasteiger charge is 2.51. The van der Waals surface area contributed by atoms with Crippen LogP contribution in [0.3, 0.4) is 0 Å². The van der Waals surface area contributed by atoms with Crippen LogP contribution in [0.4, 0.5) is 0 Å². The summed E-state index contributed by atoms with van der Waals surface area (Å²) in [5.74, 6) is 1.26. The average molecular weight is 847 g/mol. The summed E-state index contributed by atoms with van der Waals surface area (Å²) in [6.07, 6.45) is 19.1. The van der Waals surface area contributed by atoms with Crippen LogP contribution in [0.25, 0.3) is 27.8 Å². The second kappa shape index (κ2) is 20.1. The molecule has 0 radical (unpaired) electrons. The molecule has 0 aromatic heterocycles. The third kappa shape index (κ3) is 8.48. The number of fused-ring (bicyclic) bond motifs is 9. The van der Waals surface area contributed by atoms with E-state index in [9.17, 15) is 0 Å². The van der Waals surface area contributed by atoms with Gasteiger partial charge in [0.05, 0.1) is 5.41 Å². The fourth-order valence-corrected chi connectivity index (χ4v) is 10.8. The lowest BCUT2D eigenvalue weighted by Crippen LogP contribution is -2.35. The zero-order chi connectivity index (χ0) is 45.5. The van der Waals surface area contributed by atoms with Crippen LogP contribution in [-0.2, 0) is 5.41 Å². The quantitative estimate of drug-likeness (QED) is 0.100. The maximum absolute atomic E-state index is 4.65. The van der Waals surface area contributed by atoms with Crippen molar-refractivity contribution in [3.63, 3.8) is 0 Å². The minimum atomic E-state index is -0.357. The molecule has 0 N–H and O–H groups in total. The van der Waals surface area contributed by atoms with Gasteiger partial charge in [-0.25, -0.2) is 0 Å². The van der Waals surface area contributed by atoms with E-state index in [1.165, 1.54) is 89.1 Å². The largest absolute Gasteiger partial charge is 0.0993 e. The highest BCUT2D eigenvalue weighted by atomic mass is 14.5. The fourth-order valence-electron chi connectivity index (χ4n) is 10.8. The Morgan fingerprint density at radius 3 is 1.80 bits per heavy atom. The lowest BCUT2D eigenvalue weighted by atomic mass is 9.59. The first kappa shape index (κ1) is 45.1. The molecule has 0 fully saturated rings. The van der Waals surface area contributed by atoms with E-state index >= 15 is 0 Å². The van der Waals surface area contributed by atoms with Crippen LogP contribution >= 0.6 is 0 Å². The average Bonchev–Trinajstić information content (AvgIpc) is 3.68. The minimum absolute atomic E-state index is 0.331. The fraction of sp³-hybridized carbons (Fsp3) is 0.231. The summed E-state index contributed by atoms with van der Waals surface area (Å²) in [4.78, 5) is 0. The van der Waals surface area contributed by atoms with Gasteiger partial charge in [-0.1, -0.05) is 248 Å². The van der Waals surface area contributed by atoms with E-state index < -0.39 is 0 Å². The Balaban J connectivity index is 0.000000269. The number of benzene rings is 6. The molecule has 1 spiro atoms. The van der Waals surface area contributed by atoms with Gasteiger partial charge in [0.25, 0.3) is 0 Å². The molecule has 0 saturated heterocycles. The van der Waals surface area contributed by atoms with Gasteiger partial charge in [0.2, 0.25) is 0 Å². The van der Waals surface area contributed by atoms with E-state index in [2.05, 4.69) is 229 Å². The van der Waals surface area contributed by atoms with Crippen LogP contribution in [0.15, 0.2) is 218 Å². The minimum Gasteiger partial charge on any atom is -0.0993 e. The zero-order valence-electron chi connectivity index (χ0n) is 39.6. The number of allylic oxidation sites excluding steroid dienone is 12. The summed E-state index contributed by atoms with van der Waals surface area (Å²) in [6.45, 7) is 21.9. The summed E-state index contributed by atoms with van der Waals surface area (Å²) < 4.78 is 0. The van der Waals surface area contributed by atoms with E-state index in [0.717, 1.165) is 37.7 Å². The normalized spacial score (nSPS) is 18.9. The van der Waals surface area contributed by atoms with Crippen molar-refractivity contribution in [1.29, 1.82) is 0 Å². The third-order valence-corrected chi connectivity index (χ3v) is 14.1. The van der Waals surface area contributed by atoms with E-state index in [4.69, 9.17) is 0 Å². The number of hydrogen-bond acceptors (Lipinski definition) is 0. The third-order valence-electron chi connectivity index (χ3n) is 14.1. The summed E-state index contributed by atoms with van der Waals surface area (Å²) in [6, 6.07) is 56.0. The van der Waals surface area contributed by atoms with Crippen LogP contribution < -0.4 is 0 Å². The van der Waals surface area contributed by atoms with Crippen molar-refractivity contribution >= 4 is 16.7 Å². The highest BCUT2D eigenvalue weighted by Crippen LogP contribution is 2.62. The van der Waals surface area contributed by atoms with E-state index in [1.807, 2.05) is 13.8 Å². The topological polar surface area (TPSA) is 0 Å². The van der Waals surface area contributed by atoms with Crippen molar-refractivity contribution in [2.75, 3.05) is 0 Å². The summed E-state index contributed by atoms with van der Waals surface area (Å²) in [5, 5.41) is 0. The molecule has 65 heavy (non-hydrogen) atoms.